The van der Waals surface area contributed by atoms with Crippen molar-refractivity contribution in [2.24, 2.45) is 0 Å². The molecule has 0 bridgehead atoms. The van der Waals surface area contributed by atoms with Crippen molar-refractivity contribution in [2.75, 3.05) is 0 Å². The van der Waals surface area contributed by atoms with Crippen molar-refractivity contribution in [3.05, 3.63) is 95.5 Å². The molecule has 0 aliphatic heterocycles. The molecule has 8 nitrogen and oxygen atoms in total. The fraction of sp³-hybridized carbons (Fsp3) is 0.0435. The summed E-state index contributed by atoms with van der Waals surface area (Å²) in [5.41, 5.74) is -0.584. The van der Waals surface area contributed by atoms with Crippen LogP contribution in [0.1, 0.15) is 5.56 Å². The van der Waals surface area contributed by atoms with Gasteiger partial charge in [-0.05, 0) is 17.7 Å². The predicted octanol–water partition coefficient (Wildman–Crippen LogP) is 2.18. The zero-order chi connectivity index (χ0) is 21.3. The van der Waals surface area contributed by atoms with Crippen molar-refractivity contribution < 1.29 is 4.74 Å². The first-order valence-corrected chi connectivity index (χ1v) is 9.56. The maximum absolute atomic E-state index is 12.6. The van der Waals surface area contributed by atoms with E-state index in [4.69, 9.17) is 4.74 Å². The zero-order valence-corrected chi connectivity index (χ0v) is 15.9. The molecule has 6 aromatic rings. The molecule has 0 saturated carbocycles. The van der Waals surface area contributed by atoms with Crippen LogP contribution in [0.5, 0.6) is 5.75 Å². The van der Waals surface area contributed by atoms with Gasteiger partial charge >= 0.3 is 0 Å². The Kier molecular flexibility index (Phi) is 3.38. The van der Waals surface area contributed by atoms with Crippen molar-refractivity contribution in [3.63, 3.8) is 0 Å². The van der Waals surface area contributed by atoms with Gasteiger partial charge in [-0.15, -0.1) is 0 Å². The second-order valence-corrected chi connectivity index (χ2v) is 7.42. The summed E-state index contributed by atoms with van der Waals surface area (Å²) in [7, 11) is 0. The van der Waals surface area contributed by atoms with E-state index in [0.29, 0.717) is 34.2 Å². The van der Waals surface area contributed by atoms with Crippen LogP contribution in [0.4, 0.5) is 0 Å². The molecule has 0 spiro atoms. The Morgan fingerprint density at radius 3 is 1.97 bits per heavy atom. The van der Waals surface area contributed by atoms with Crippen LogP contribution in [0.25, 0.3) is 43.4 Å². The summed E-state index contributed by atoms with van der Waals surface area (Å²) in [5, 5.41) is 1.15. The van der Waals surface area contributed by atoms with Crippen LogP contribution in [-0.4, -0.2) is 15.0 Å². The summed E-state index contributed by atoms with van der Waals surface area (Å²) in [4.78, 5) is 57.4. The number of H-pyrrole nitrogens is 3. The number of benzene rings is 3. The Morgan fingerprint density at radius 1 is 0.645 bits per heavy atom. The van der Waals surface area contributed by atoms with E-state index in [1.165, 1.54) is 0 Å². The Labute approximate surface area is 171 Å². The number of aromatic amines is 3. The minimum Gasteiger partial charge on any atom is -0.489 e. The summed E-state index contributed by atoms with van der Waals surface area (Å²) in [6.07, 6.45) is 0. The Balaban J connectivity index is 1.66. The summed E-state index contributed by atoms with van der Waals surface area (Å²) in [5.74, 6) is 0.595. The minimum absolute atomic E-state index is 0.0545. The van der Waals surface area contributed by atoms with Crippen LogP contribution in [0.15, 0.2) is 67.7 Å². The number of ether oxygens (including phenoxy) is 1. The molecule has 0 amide bonds. The van der Waals surface area contributed by atoms with E-state index in [0.717, 1.165) is 5.56 Å². The molecule has 0 aliphatic carbocycles. The average molecular weight is 411 g/mol. The highest BCUT2D eigenvalue weighted by molar-refractivity contribution is 6.31. The van der Waals surface area contributed by atoms with Crippen LogP contribution in [0.3, 0.4) is 0 Å². The van der Waals surface area contributed by atoms with Crippen LogP contribution in [0, 0.1) is 0 Å². The lowest BCUT2D eigenvalue weighted by molar-refractivity contribution is 0.306. The van der Waals surface area contributed by atoms with Gasteiger partial charge in [-0.1, -0.05) is 30.3 Å². The van der Waals surface area contributed by atoms with Gasteiger partial charge in [0.2, 0.25) is 0 Å². The maximum atomic E-state index is 12.6. The van der Waals surface area contributed by atoms with E-state index in [1.54, 1.807) is 18.2 Å². The molecule has 31 heavy (non-hydrogen) atoms. The van der Waals surface area contributed by atoms with E-state index in [2.05, 4.69) is 15.0 Å². The van der Waals surface area contributed by atoms with Gasteiger partial charge in [0.25, 0.3) is 22.2 Å². The standard InChI is InChI=1S/C23H13N3O5/c27-20-15-14-12-7-6-11(31-9-10-4-2-1-3-5-10)8-13(12)24-19(14)18-17(16(15)21(28)25-20)22(29)26-23(18)30/h1-8,24H,9H2,(H,25,27,28)(H,26,29,30). The first-order valence-electron chi connectivity index (χ1n) is 9.56. The molecule has 0 saturated heterocycles. The summed E-state index contributed by atoms with van der Waals surface area (Å²) in [6, 6.07) is 15.0. The Bertz CT molecular complexity index is 1870. The molecule has 3 aromatic carbocycles. The average Bonchev–Trinajstić information content (AvgIpc) is 3.37. The van der Waals surface area contributed by atoms with E-state index in [-0.39, 0.29) is 21.5 Å². The number of hydrogen-bond donors (Lipinski definition) is 3. The van der Waals surface area contributed by atoms with Crippen molar-refractivity contribution in [3.8, 4) is 5.75 Å². The number of fused-ring (bicyclic) bond motifs is 8. The fourth-order valence-electron chi connectivity index (χ4n) is 4.32. The van der Waals surface area contributed by atoms with Gasteiger partial charge in [-0.25, -0.2) is 0 Å². The highest BCUT2D eigenvalue weighted by Crippen LogP contribution is 2.35. The molecule has 0 atom stereocenters. The second-order valence-electron chi connectivity index (χ2n) is 7.42. The van der Waals surface area contributed by atoms with E-state index in [1.807, 2.05) is 30.3 Å². The summed E-state index contributed by atoms with van der Waals surface area (Å²) < 4.78 is 5.87. The highest BCUT2D eigenvalue weighted by Gasteiger charge is 2.24. The molecule has 3 N–H and O–H groups in total. The van der Waals surface area contributed by atoms with Crippen LogP contribution >= 0.6 is 0 Å². The lowest BCUT2D eigenvalue weighted by Crippen LogP contribution is -2.08. The number of rotatable bonds is 3. The normalized spacial score (nSPS) is 11.9. The highest BCUT2D eigenvalue weighted by atomic mass is 16.5. The van der Waals surface area contributed by atoms with Gasteiger partial charge in [-0.2, -0.15) is 0 Å². The predicted molar refractivity (Wildman–Crippen MR) is 118 cm³/mol. The third-order valence-electron chi connectivity index (χ3n) is 5.63. The largest absolute Gasteiger partial charge is 0.489 e. The molecule has 6 rings (SSSR count). The van der Waals surface area contributed by atoms with Crippen LogP contribution < -0.4 is 27.0 Å². The van der Waals surface area contributed by atoms with Gasteiger partial charge < -0.3 is 9.72 Å². The summed E-state index contributed by atoms with van der Waals surface area (Å²) >= 11 is 0. The van der Waals surface area contributed by atoms with E-state index in [9.17, 15) is 19.2 Å². The van der Waals surface area contributed by atoms with Crippen molar-refractivity contribution in [2.45, 2.75) is 6.61 Å². The van der Waals surface area contributed by atoms with Crippen LogP contribution in [0.2, 0.25) is 0 Å². The zero-order valence-electron chi connectivity index (χ0n) is 15.9. The molecule has 150 valence electrons. The third kappa shape index (κ3) is 2.35. The molecule has 0 aliphatic rings. The van der Waals surface area contributed by atoms with Gasteiger partial charge in [0.05, 0.1) is 32.6 Å². The van der Waals surface area contributed by atoms with Gasteiger partial charge in [0.1, 0.15) is 12.4 Å². The fourth-order valence-corrected chi connectivity index (χ4v) is 4.32. The number of aromatic nitrogens is 3. The van der Waals surface area contributed by atoms with Gasteiger partial charge in [-0.3, -0.25) is 29.1 Å². The molecule has 3 heterocycles. The molecule has 8 heteroatoms. The Morgan fingerprint density at radius 2 is 1.26 bits per heavy atom. The molecule has 0 radical (unpaired) electrons. The smallest absolute Gasteiger partial charge is 0.261 e. The SMILES string of the molecule is O=c1[nH]c(=O)c2c1c1[nH]c3cc(OCc4ccccc4)ccc3c1c1c(=O)[nH]c(=O)c21. The molecule has 0 fully saturated rings. The number of nitrogens with one attached hydrogen (secondary N) is 3. The van der Waals surface area contributed by atoms with Gasteiger partial charge in [0.15, 0.2) is 0 Å². The third-order valence-corrected chi connectivity index (χ3v) is 5.63. The van der Waals surface area contributed by atoms with E-state index >= 15 is 0 Å². The lowest BCUT2D eigenvalue weighted by atomic mass is 10.0. The molecular weight excluding hydrogens is 398 g/mol. The Hall–Kier alpha value is -4.46. The first kappa shape index (κ1) is 17.4. The van der Waals surface area contributed by atoms with Crippen LogP contribution in [-0.2, 0) is 6.61 Å². The quantitative estimate of drug-likeness (QED) is 0.412. The summed E-state index contributed by atoms with van der Waals surface area (Å²) in [6.45, 7) is 0.380. The first-order chi connectivity index (χ1) is 15.0. The molecule has 3 aromatic heterocycles. The monoisotopic (exact) mass is 411 g/mol. The van der Waals surface area contributed by atoms with E-state index < -0.39 is 22.2 Å². The topological polar surface area (TPSA) is 125 Å². The van der Waals surface area contributed by atoms with Gasteiger partial charge in [0, 0.05) is 16.8 Å². The van der Waals surface area contributed by atoms with Crippen molar-refractivity contribution >= 4 is 43.4 Å². The molecule has 0 unspecified atom stereocenters. The maximum Gasteiger partial charge on any atom is 0.261 e. The molecular formula is C23H13N3O5. The second kappa shape index (κ2) is 6.02. The number of hydrogen-bond acceptors (Lipinski definition) is 5. The lowest BCUT2D eigenvalue weighted by Gasteiger charge is -2.06. The van der Waals surface area contributed by atoms with Crippen molar-refractivity contribution in [1.29, 1.82) is 0 Å². The minimum atomic E-state index is -0.687. The van der Waals surface area contributed by atoms with Crippen molar-refractivity contribution in [1.82, 2.24) is 15.0 Å².